The zero-order chi connectivity index (χ0) is 10.8. The average molecular weight is 174 g/mol. The molecule has 0 fully saturated rings. The van der Waals surface area contributed by atoms with E-state index in [4.69, 9.17) is 0 Å². The third-order valence-corrected chi connectivity index (χ3v) is 0.493. The fourth-order valence-electron chi connectivity index (χ4n) is 0.472. The van der Waals surface area contributed by atoms with Gasteiger partial charge in [-0.2, -0.15) is 0 Å². The maximum atomic E-state index is 10.3. The molecule has 0 radical (unpaired) electrons. The summed E-state index contributed by atoms with van der Waals surface area (Å²) in [6.45, 7) is 15.2. The van der Waals surface area contributed by atoms with E-state index in [1.54, 1.807) is 0 Å². The minimum atomic E-state index is -0.203. The number of hydrogen-bond donors (Lipinski definition) is 0. The Morgan fingerprint density at radius 3 is 1.25 bits per heavy atom. The Bertz CT molecular complexity index is 96.9. The normalized spacial score (nSPS) is 10.5. The topological polar surface area (TPSA) is 35.4 Å². The van der Waals surface area contributed by atoms with Crippen LogP contribution in [0, 0.1) is 0 Å². The number of hydrogen-bond acceptors (Lipinski definition) is 2. The molecular weight excluding hydrogens is 150 g/mol. The molecule has 0 heterocycles. The molecule has 0 N–H and O–H groups in total. The van der Waals surface area contributed by atoms with Crippen molar-refractivity contribution in [3.05, 3.63) is 0 Å². The Balaban J connectivity index is -0.000000175. The summed E-state index contributed by atoms with van der Waals surface area (Å²) in [6, 6.07) is 0. The number of nitrogens with zero attached hydrogens (tertiary/aromatic N) is 1. The highest BCUT2D eigenvalue weighted by Crippen LogP contribution is 2.04. The van der Waals surface area contributed by atoms with Gasteiger partial charge >= 0.3 is 0 Å². The van der Waals surface area contributed by atoms with Gasteiger partial charge in [-0.1, -0.05) is 27.7 Å². The van der Waals surface area contributed by atoms with Gasteiger partial charge in [0.25, 0.3) is 0 Å². The van der Waals surface area contributed by atoms with Gasteiger partial charge in [-0.3, -0.25) is 0 Å². The molecule has 0 bridgehead atoms. The molecule has 0 aliphatic heterocycles. The zero-order valence-corrected chi connectivity index (χ0v) is 9.86. The molecule has 0 aliphatic carbocycles. The van der Waals surface area contributed by atoms with Gasteiger partial charge in [-0.15, -0.1) is 0 Å². The van der Waals surface area contributed by atoms with Crippen LogP contribution in [0.1, 0.15) is 55.4 Å². The first-order valence-corrected chi connectivity index (χ1v) is 4.65. The van der Waals surface area contributed by atoms with Gasteiger partial charge in [0, 0.05) is 0 Å². The van der Waals surface area contributed by atoms with Crippen molar-refractivity contribution in [3.63, 3.8) is 0 Å². The van der Waals surface area contributed by atoms with E-state index in [0.717, 1.165) is 0 Å². The van der Waals surface area contributed by atoms with Crippen LogP contribution in [-0.4, -0.2) is 11.4 Å². The van der Waals surface area contributed by atoms with E-state index in [9.17, 15) is 5.11 Å². The van der Waals surface area contributed by atoms with Crippen molar-refractivity contribution in [1.29, 1.82) is 0 Å². The second-order valence-electron chi connectivity index (χ2n) is 2.80. The van der Waals surface area contributed by atoms with E-state index in [1.165, 1.54) is 6.92 Å². The molecule has 12 heavy (non-hydrogen) atoms. The Hall–Kier alpha value is -0.530. The van der Waals surface area contributed by atoms with Gasteiger partial charge in [0.05, 0.1) is 5.54 Å². The molecule has 0 rings (SSSR count). The molecule has 0 aliphatic rings. The SMILES string of the molecule is CC.CC.CC([O-])=NC(C)(C)C. The third-order valence-electron chi connectivity index (χ3n) is 0.493. The van der Waals surface area contributed by atoms with Gasteiger partial charge in [-0.05, 0) is 33.6 Å². The lowest BCUT2D eigenvalue weighted by atomic mass is 10.1. The van der Waals surface area contributed by atoms with E-state index < -0.39 is 0 Å². The highest BCUT2D eigenvalue weighted by molar-refractivity contribution is 5.68. The van der Waals surface area contributed by atoms with Gasteiger partial charge in [0.1, 0.15) is 0 Å². The predicted octanol–water partition coefficient (Wildman–Crippen LogP) is 2.62. The summed E-state index contributed by atoms with van der Waals surface area (Å²) in [7, 11) is 0. The van der Waals surface area contributed by atoms with Gasteiger partial charge in [0.15, 0.2) is 0 Å². The van der Waals surface area contributed by atoms with E-state index in [1.807, 2.05) is 48.5 Å². The summed E-state index contributed by atoms with van der Waals surface area (Å²) in [6.07, 6.45) is 0. The van der Waals surface area contributed by atoms with Crippen LogP contribution >= 0.6 is 0 Å². The van der Waals surface area contributed by atoms with Crippen LogP contribution in [0.3, 0.4) is 0 Å². The Kier molecular flexibility index (Phi) is 15.3. The predicted molar refractivity (Wildman–Crippen MR) is 55.6 cm³/mol. The summed E-state index contributed by atoms with van der Waals surface area (Å²) in [5.74, 6) is -0.0995. The molecule has 0 amide bonds. The molecular formula is C10H24NO-. The average Bonchev–Trinajstić information content (AvgIpc) is 1.91. The van der Waals surface area contributed by atoms with Crippen LogP contribution in [0.2, 0.25) is 0 Å². The molecule has 0 saturated carbocycles. The molecule has 2 heteroatoms. The van der Waals surface area contributed by atoms with Crippen molar-refractivity contribution in [2.75, 3.05) is 0 Å². The molecule has 0 aromatic rings. The van der Waals surface area contributed by atoms with Crippen molar-refractivity contribution in [1.82, 2.24) is 0 Å². The number of aliphatic imine (C=N–C) groups is 1. The molecule has 0 unspecified atom stereocenters. The van der Waals surface area contributed by atoms with Crippen LogP contribution in [0.15, 0.2) is 4.99 Å². The standard InChI is InChI=1S/C6H13NO.2C2H6/c1-5(8)7-6(2,3)4;2*1-2/h1-4H3,(H,7,8);2*1-2H3/p-1. The van der Waals surface area contributed by atoms with Gasteiger partial charge in [0.2, 0.25) is 0 Å². The van der Waals surface area contributed by atoms with E-state index in [2.05, 4.69) is 4.99 Å². The fourth-order valence-corrected chi connectivity index (χ4v) is 0.472. The van der Waals surface area contributed by atoms with Gasteiger partial charge < -0.3 is 10.1 Å². The van der Waals surface area contributed by atoms with Crippen molar-refractivity contribution in [2.45, 2.75) is 60.9 Å². The van der Waals surface area contributed by atoms with Crippen molar-refractivity contribution >= 4 is 5.90 Å². The first kappa shape index (κ1) is 17.5. The highest BCUT2D eigenvalue weighted by Gasteiger charge is 2.03. The molecule has 0 saturated heterocycles. The summed E-state index contributed by atoms with van der Waals surface area (Å²) < 4.78 is 0. The van der Waals surface area contributed by atoms with Crippen molar-refractivity contribution in [2.24, 2.45) is 4.99 Å². The molecule has 0 spiro atoms. The molecule has 0 aromatic heterocycles. The molecule has 0 aromatic carbocycles. The quantitative estimate of drug-likeness (QED) is 0.410. The summed E-state index contributed by atoms with van der Waals surface area (Å²) in [4.78, 5) is 3.77. The van der Waals surface area contributed by atoms with Crippen LogP contribution in [0.4, 0.5) is 0 Å². The minimum absolute atomic E-state index is 0.0995. The third kappa shape index (κ3) is 34.0. The first-order chi connectivity index (χ1) is 5.42. The van der Waals surface area contributed by atoms with Crippen LogP contribution in [0.5, 0.6) is 0 Å². The Morgan fingerprint density at radius 1 is 1.00 bits per heavy atom. The largest absolute Gasteiger partial charge is 0.862 e. The van der Waals surface area contributed by atoms with E-state index in [0.29, 0.717) is 0 Å². The maximum absolute atomic E-state index is 10.3. The van der Waals surface area contributed by atoms with Crippen molar-refractivity contribution in [3.8, 4) is 0 Å². The van der Waals surface area contributed by atoms with E-state index in [-0.39, 0.29) is 11.4 Å². The van der Waals surface area contributed by atoms with Crippen LogP contribution in [0.25, 0.3) is 0 Å². The lowest BCUT2D eigenvalue weighted by Crippen LogP contribution is -2.20. The smallest absolute Gasteiger partial charge is 0.0512 e. The first-order valence-electron chi connectivity index (χ1n) is 4.65. The Labute approximate surface area is 77.7 Å². The molecule has 2 nitrogen and oxygen atoms in total. The van der Waals surface area contributed by atoms with Crippen LogP contribution in [-0.2, 0) is 0 Å². The summed E-state index contributed by atoms with van der Waals surface area (Å²) in [5.41, 5.74) is -0.203. The molecule has 76 valence electrons. The summed E-state index contributed by atoms with van der Waals surface area (Å²) in [5, 5.41) is 10.3. The lowest BCUT2D eigenvalue weighted by molar-refractivity contribution is -0.216. The maximum Gasteiger partial charge on any atom is 0.0512 e. The zero-order valence-electron chi connectivity index (χ0n) is 9.86. The minimum Gasteiger partial charge on any atom is -0.862 e. The Morgan fingerprint density at radius 2 is 1.25 bits per heavy atom. The number of rotatable bonds is 0. The summed E-state index contributed by atoms with van der Waals surface area (Å²) >= 11 is 0. The van der Waals surface area contributed by atoms with Crippen LogP contribution < -0.4 is 5.11 Å². The second kappa shape index (κ2) is 10.5. The lowest BCUT2D eigenvalue weighted by Gasteiger charge is -2.15. The monoisotopic (exact) mass is 174 g/mol. The van der Waals surface area contributed by atoms with Gasteiger partial charge in [-0.25, -0.2) is 0 Å². The fraction of sp³-hybridized carbons (Fsp3) is 0.900. The molecule has 0 atom stereocenters. The van der Waals surface area contributed by atoms with E-state index >= 15 is 0 Å². The highest BCUT2D eigenvalue weighted by atomic mass is 16.3. The second-order valence-corrected chi connectivity index (χ2v) is 2.80. The van der Waals surface area contributed by atoms with Crippen molar-refractivity contribution < 1.29 is 5.11 Å².